The molecule has 41 heavy (non-hydrogen) atoms. The van der Waals surface area contributed by atoms with E-state index in [1.54, 1.807) is 48.5 Å². The maximum Gasteiger partial charge on any atom is 0.251 e. The summed E-state index contributed by atoms with van der Waals surface area (Å²) in [4.78, 5) is 24.0. The highest BCUT2D eigenvalue weighted by Crippen LogP contribution is 2.39. The van der Waals surface area contributed by atoms with Crippen LogP contribution in [-0.4, -0.2) is 56.9 Å². The smallest absolute Gasteiger partial charge is 0.251 e. The van der Waals surface area contributed by atoms with E-state index in [0.29, 0.717) is 52.7 Å². The van der Waals surface area contributed by atoms with Gasteiger partial charge in [-0.2, -0.15) is 0 Å². The van der Waals surface area contributed by atoms with Crippen molar-refractivity contribution in [1.29, 1.82) is 0 Å². The Morgan fingerprint density at radius 3 is 2.88 bits per heavy atom. The molecule has 0 atom stereocenters. The number of benzene rings is 2. The molecule has 2 aromatic heterocycles. The maximum atomic E-state index is 15.1. The van der Waals surface area contributed by atoms with Gasteiger partial charge in [-0.3, -0.25) is 9.78 Å². The van der Waals surface area contributed by atoms with Crippen molar-refractivity contribution in [1.82, 2.24) is 15.3 Å². The highest BCUT2D eigenvalue weighted by molar-refractivity contribution is 7.91. The molecule has 0 bridgehead atoms. The number of rotatable bonds is 6. The van der Waals surface area contributed by atoms with Gasteiger partial charge < -0.3 is 24.4 Å². The van der Waals surface area contributed by atoms with Crippen molar-refractivity contribution in [2.24, 2.45) is 0 Å². The lowest BCUT2D eigenvalue weighted by Crippen LogP contribution is -2.30. The summed E-state index contributed by atoms with van der Waals surface area (Å²) < 4.78 is 56.5. The van der Waals surface area contributed by atoms with Crippen LogP contribution in [0.5, 0.6) is 5.75 Å². The Morgan fingerprint density at radius 1 is 1.15 bits per heavy atom. The largest absolute Gasteiger partial charge is 0.489 e. The minimum atomic E-state index is -3.53. The van der Waals surface area contributed by atoms with Gasteiger partial charge in [0, 0.05) is 24.3 Å². The van der Waals surface area contributed by atoms with Crippen molar-refractivity contribution >= 4 is 38.2 Å². The van der Waals surface area contributed by atoms with Crippen LogP contribution in [0.1, 0.15) is 27.2 Å². The molecule has 0 saturated heterocycles. The fraction of sp³-hybridized carbons (Fsp3) is 0.276. The Labute approximate surface area is 236 Å². The summed E-state index contributed by atoms with van der Waals surface area (Å²) >= 11 is 0. The van der Waals surface area contributed by atoms with Gasteiger partial charge in [0.2, 0.25) is 0 Å². The van der Waals surface area contributed by atoms with E-state index in [9.17, 15) is 13.2 Å². The van der Waals surface area contributed by atoms with Gasteiger partial charge in [0.25, 0.3) is 5.91 Å². The van der Waals surface area contributed by atoms with E-state index in [0.717, 1.165) is 5.39 Å². The van der Waals surface area contributed by atoms with Crippen LogP contribution in [0.3, 0.4) is 0 Å². The van der Waals surface area contributed by atoms with E-state index in [1.165, 1.54) is 12.1 Å². The fourth-order valence-electron chi connectivity index (χ4n) is 4.97. The molecule has 1 N–H and O–H groups in total. The molecule has 0 fully saturated rings. The van der Waals surface area contributed by atoms with Crippen LogP contribution in [0.15, 0.2) is 59.6 Å². The molecule has 2 aliphatic rings. The first-order valence-corrected chi connectivity index (χ1v) is 14.7. The molecule has 0 aliphatic carbocycles. The number of amides is 1. The van der Waals surface area contributed by atoms with E-state index >= 15 is 4.39 Å². The number of sulfone groups is 1. The number of anilines is 2. The fourth-order valence-corrected chi connectivity index (χ4v) is 6.36. The van der Waals surface area contributed by atoms with Crippen LogP contribution in [0.4, 0.5) is 15.9 Å². The molecule has 0 unspecified atom stereocenters. The molecule has 0 saturated carbocycles. The third kappa shape index (κ3) is 5.45. The second-order valence-corrected chi connectivity index (χ2v) is 11.8. The third-order valence-electron chi connectivity index (χ3n) is 6.98. The van der Waals surface area contributed by atoms with Crippen LogP contribution in [0, 0.1) is 5.82 Å². The SMILES string of the molecule is COCc1cc(F)c2c(c1)OCCN2c1ccc2cnc(CNC(=O)c3ccc4c(c3)S(=O)(=O)CCOC4)cc2n1. The Hall–Kier alpha value is -4.13. The quantitative estimate of drug-likeness (QED) is 0.365. The molecule has 2 aliphatic heterocycles. The predicted molar refractivity (Wildman–Crippen MR) is 148 cm³/mol. The summed E-state index contributed by atoms with van der Waals surface area (Å²) in [6.45, 7) is 1.46. The normalized spacial score (nSPS) is 15.9. The summed E-state index contributed by atoms with van der Waals surface area (Å²) in [7, 11) is -1.98. The van der Waals surface area contributed by atoms with E-state index in [1.807, 2.05) is 6.07 Å². The molecule has 4 heterocycles. The number of carbonyl (C=O) groups excluding carboxylic acids is 1. The molecular weight excluding hydrogens is 551 g/mol. The minimum absolute atomic E-state index is 0.102. The Morgan fingerprint density at radius 2 is 2.02 bits per heavy atom. The zero-order valence-electron chi connectivity index (χ0n) is 22.2. The summed E-state index contributed by atoms with van der Waals surface area (Å²) in [5, 5.41) is 3.59. The average molecular weight is 579 g/mol. The minimum Gasteiger partial charge on any atom is -0.489 e. The summed E-state index contributed by atoms with van der Waals surface area (Å²) in [6.07, 6.45) is 1.66. The first kappa shape index (κ1) is 27.1. The number of hydrogen-bond donors (Lipinski definition) is 1. The number of nitrogens with one attached hydrogen (secondary N) is 1. The van der Waals surface area contributed by atoms with Gasteiger partial charge in [0.05, 0.1) is 54.8 Å². The van der Waals surface area contributed by atoms with Gasteiger partial charge in [-0.25, -0.2) is 17.8 Å². The summed E-state index contributed by atoms with van der Waals surface area (Å²) in [5.74, 6) is 0.00849. The van der Waals surface area contributed by atoms with Gasteiger partial charge in [-0.1, -0.05) is 6.07 Å². The summed E-state index contributed by atoms with van der Waals surface area (Å²) in [6, 6.07) is 13.2. The summed E-state index contributed by atoms with van der Waals surface area (Å²) in [5.41, 5.74) is 2.95. The topological polar surface area (TPSA) is 120 Å². The highest BCUT2D eigenvalue weighted by atomic mass is 32.2. The van der Waals surface area contributed by atoms with Crippen molar-refractivity contribution in [2.75, 3.05) is 37.5 Å². The standard InChI is InChI=1S/C29H27FN4O6S/c1-38-16-18-10-23(30)28-25(11-18)40-7-6-34(28)27-5-4-20-14-31-22(13-24(20)33-27)15-32-29(35)19-2-3-21-17-39-8-9-41(36,37)26(21)12-19/h2-5,10-14H,6-9,15-17H2,1H3,(H,32,35). The Kier molecular flexibility index (Phi) is 7.28. The highest BCUT2D eigenvalue weighted by Gasteiger charge is 2.26. The van der Waals surface area contributed by atoms with Gasteiger partial charge >= 0.3 is 0 Å². The van der Waals surface area contributed by atoms with Crippen molar-refractivity contribution in [3.63, 3.8) is 0 Å². The molecule has 1 amide bonds. The number of hydrogen-bond acceptors (Lipinski definition) is 9. The molecular formula is C29H27FN4O6S. The average Bonchev–Trinajstić information content (AvgIpc) is 3.12. The van der Waals surface area contributed by atoms with Gasteiger partial charge in [-0.05, 0) is 53.6 Å². The number of pyridine rings is 2. The van der Waals surface area contributed by atoms with E-state index in [4.69, 9.17) is 19.2 Å². The molecule has 12 heteroatoms. The molecule has 4 aromatic rings. The van der Waals surface area contributed by atoms with Crippen LogP contribution >= 0.6 is 0 Å². The molecule has 212 valence electrons. The van der Waals surface area contributed by atoms with Gasteiger partial charge in [0.15, 0.2) is 15.7 Å². The van der Waals surface area contributed by atoms with Gasteiger partial charge in [-0.15, -0.1) is 0 Å². The predicted octanol–water partition coefficient (Wildman–Crippen LogP) is 3.68. The van der Waals surface area contributed by atoms with Crippen molar-refractivity contribution in [3.8, 4) is 5.75 Å². The van der Waals surface area contributed by atoms with Crippen LogP contribution in [-0.2, 0) is 39.1 Å². The number of carbonyl (C=O) groups is 1. The lowest BCUT2D eigenvalue weighted by Gasteiger charge is -2.31. The lowest BCUT2D eigenvalue weighted by atomic mass is 10.1. The third-order valence-corrected chi connectivity index (χ3v) is 8.74. The van der Waals surface area contributed by atoms with Gasteiger partial charge in [0.1, 0.15) is 23.9 Å². The Bertz CT molecular complexity index is 1760. The number of aromatic nitrogens is 2. The zero-order valence-corrected chi connectivity index (χ0v) is 23.0. The molecule has 2 aromatic carbocycles. The number of fused-ring (bicyclic) bond motifs is 3. The van der Waals surface area contributed by atoms with Crippen LogP contribution in [0.25, 0.3) is 10.9 Å². The molecule has 0 radical (unpaired) electrons. The second kappa shape index (κ2) is 11.0. The molecule has 6 rings (SSSR count). The van der Waals surface area contributed by atoms with Crippen molar-refractivity contribution < 1.29 is 31.8 Å². The van der Waals surface area contributed by atoms with Crippen molar-refractivity contribution in [2.45, 2.75) is 24.7 Å². The zero-order chi connectivity index (χ0) is 28.6. The van der Waals surface area contributed by atoms with E-state index in [2.05, 4.69) is 10.3 Å². The van der Waals surface area contributed by atoms with E-state index in [-0.39, 0.29) is 42.6 Å². The number of ether oxygens (including phenoxy) is 3. The number of halogens is 1. The second-order valence-electron chi connectivity index (χ2n) is 9.77. The molecule has 10 nitrogen and oxygen atoms in total. The maximum absolute atomic E-state index is 15.1. The number of nitrogens with zero attached hydrogens (tertiary/aromatic N) is 3. The van der Waals surface area contributed by atoms with Crippen molar-refractivity contribution in [3.05, 3.63) is 82.9 Å². The lowest BCUT2D eigenvalue weighted by molar-refractivity contribution is 0.0950. The monoisotopic (exact) mass is 578 g/mol. The first-order valence-electron chi connectivity index (χ1n) is 13.0. The Balaban J connectivity index is 1.22. The van der Waals surface area contributed by atoms with Crippen LogP contribution < -0.4 is 15.0 Å². The van der Waals surface area contributed by atoms with E-state index < -0.39 is 21.6 Å². The number of methoxy groups -OCH3 is 1. The first-order chi connectivity index (χ1) is 19.8. The van der Waals surface area contributed by atoms with Crippen LogP contribution in [0.2, 0.25) is 0 Å². The molecule has 0 spiro atoms.